The minimum Gasteiger partial charge on any atom is -0.382 e. The van der Waals surface area contributed by atoms with Crippen LogP contribution in [0.15, 0.2) is 0 Å². The Hall–Kier alpha value is -1.08. The highest BCUT2D eigenvalue weighted by atomic mass is 32.1. The molecular formula is C5H5N3S. The van der Waals surface area contributed by atoms with E-state index in [1.807, 2.05) is 13.0 Å². The van der Waals surface area contributed by atoms with Crippen LogP contribution in [0.3, 0.4) is 0 Å². The lowest BCUT2D eigenvalue weighted by molar-refractivity contribution is 1.30. The van der Waals surface area contributed by atoms with Crippen molar-refractivity contribution in [3.8, 4) is 6.07 Å². The molecular weight excluding hydrogens is 134 g/mol. The van der Waals surface area contributed by atoms with E-state index in [0.29, 0.717) is 10.7 Å². The summed E-state index contributed by atoms with van der Waals surface area (Å²) < 4.78 is 0. The molecule has 4 heteroatoms. The highest BCUT2D eigenvalue weighted by Crippen LogP contribution is 2.17. The summed E-state index contributed by atoms with van der Waals surface area (Å²) in [5, 5.41) is 9.21. The van der Waals surface area contributed by atoms with Crippen molar-refractivity contribution < 1.29 is 0 Å². The molecule has 1 aromatic heterocycles. The Kier molecular flexibility index (Phi) is 1.37. The van der Waals surface area contributed by atoms with Crippen LogP contribution in [0.25, 0.3) is 0 Å². The van der Waals surface area contributed by atoms with Gasteiger partial charge in [0.1, 0.15) is 10.9 Å². The number of aromatic nitrogens is 1. The molecule has 0 bridgehead atoms. The molecule has 0 aliphatic rings. The molecule has 46 valence electrons. The van der Waals surface area contributed by atoms with Gasteiger partial charge in [-0.15, -0.1) is 11.3 Å². The molecule has 0 fully saturated rings. The van der Waals surface area contributed by atoms with Crippen molar-refractivity contribution in [2.45, 2.75) is 6.92 Å². The molecule has 1 heterocycles. The Bertz CT molecular complexity index is 258. The summed E-state index contributed by atoms with van der Waals surface area (Å²) in [6.07, 6.45) is 0. The molecule has 0 radical (unpaired) electrons. The van der Waals surface area contributed by atoms with Crippen LogP contribution in [0.5, 0.6) is 0 Å². The summed E-state index contributed by atoms with van der Waals surface area (Å²) in [6, 6.07) is 1.95. The monoisotopic (exact) mass is 139 g/mol. The largest absolute Gasteiger partial charge is 0.382 e. The first-order valence-electron chi connectivity index (χ1n) is 2.37. The number of anilines is 1. The van der Waals surface area contributed by atoms with E-state index in [1.54, 1.807) is 0 Å². The number of thiazole rings is 1. The second kappa shape index (κ2) is 2.03. The number of nitriles is 1. The zero-order valence-corrected chi connectivity index (χ0v) is 5.70. The van der Waals surface area contributed by atoms with Gasteiger partial charge in [0.05, 0.1) is 5.01 Å². The smallest absolute Gasteiger partial charge is 0.152 e. The van der Waals surface area contributed by atoms with E-state index >= 15 is 0 Å². The van der Waals surface area contributed by atoms with Crippen LogP contribution < -0.4 is 5.73 Å². The van der Waals surface area contributed by atoms with Gasteiger partial charge in [0, 0.05) is 0 Å². The molecule has 0 amide bonds. The predicted octanol–water partition coefficient (Wildman–Crippen LogP) is 0.905. The van der Waals surface area contributed by atoms with Gasteiger partial charge in [-0.3, -0.25) is 0 Å². The third-order valence-corrected chi connectivity index (χ3v) is 1.75. The van der Waals surface area contributed by atoms with Crippen molar-refractivity contribution in [3.05, 3.63) is 9.88 Å². The summed E-state index contributed by atoms with van der Waals surface area (Å²) in [4.78, 5) is 4.36. The molecule has 9 heavy (non-hydrogen) atoms. The lowest BCUT2D eigenvalue weighted by atomic mass is 10.5. The first kappa shape index (κ1) is 6.05. The summed E-state index contributed by atoms with van der Waals surface area (Å²) in [6.45, 7) is 1.82. The summed E-state index contributed by atoms with van der Waals surface area (Å²) >= 11 is 1.32. The van der Waals surface area contributed by atoms with Gasteiger partial charge in [0.15, 0.2) is 5.82 Å². The van der Waals surface area contributed by atoms with Gasteiger partial charge in [-0.25, -0.2) is 4.98 Å². The Morgan fingerprint density at radius 2 is 2.44 bits per heavy atom. The van der Waals surface area contributed by atoms with Gasteiger partial charge in [0.2, 0.25) is 0 Å². The number of aryl methyl sites for hydroxylation is 1. The van der Waals surface area contributed by atoms with Crippen LogP contribution in [0.4, 0.5) is 5.82 Å². The number of nitrogens with two attached hydrogens (primary N) is 1. The van der Waals surface area contributed by atoms with Crippen molar-refractivity contribution in [2.75, 3.05) is 5.73 Å². The molecule has 0 unspecified atom stereocenters. The minimum absolute atomic E-state index is 0.347. The molecule has 3 nitrogen and oxygen atoms in total. The van der Waals surface area contributed by atoms with E-state index in [9.17, 15) is 0 Å². The van der Waals surface area contributed by atoms with Crippen molar-refractivity contribution in [3.63, 3.8) is 0 Å². The van der Waals surface area contributed by atoms with Crippen LogP contribution in [-0.4, -0.2) is 4.98 Å². The van der Waals surface area contributed by atoms with Crippen molar-refractivity contribution in [1.82, 2.24) is 4.98 Å². The third-order valence-electron chi connectivity index (χ3n) is 0.862. The number of rotatable bonds is 0. The predicted molar refractivity (Wildman–Crippen MR) is 36.0 cm³/mol. The minimum atomic E-state index is 0.347. The molecule has 0 atom stereocenters. The van der Waals surface area contributed by atoms with Gasteiger partial charge in [-0.1, -0.05) is 0 Å². The maximum Gasteiger partial charge on any atom is 0.152 e. The number of nitrogens with zero attached hydrogens (tertiary/aromatic N) is 2. The Morgan fingerprint density at radius 3 is 2.67 bits per heavy atom. The maximum absolute atomic E-state index is 8.37. The van der Waals surface area contributed by atoms with Gasteiger partial charge in [0.25, 0.3) is 0 Å². The van der Waals surface area contributed by atoms with Crippen LogP contribution in [0.1, 0.15) is 9.88 Å². The first-order valence-corrected chi connectivity index (χ1v) is 3.18. The maximum atomic E-state index is 8.37. The lowest BCUT2D eigenvalue weighted by Crippen LogP contribution is -1.85. The average molecular weight is 139 g/mol. The summed E-state index contributed by atoms with van der Waals surface area (Å²) in [5.41, 5.74) is 5.33. The Morgan fingerprint density at radius 1 is 1.78 bits per heavy atom. The molecule has 1 aromatic rings. The average Bonchev–Trinajstić information content (AvgIpc) is 2.10. The number of nitrogen functional groups attached to an aromatic ring is 1. The molecule has 0 aliphatic heterocycles. The first-order chi connectivity index (χ1) is 4.24. The molecule has 0 aromatic carbocycles. The molecule has 0 spiro atoms. The van der Waals surface area contributed by atoms with E-state index < -0.39 is 0 Å². The molecule has 0 saturated carbocycles. The van der Waals surface area contributed by atoms with E-state index in [4.69, 9.17) is 11.0 Å². The number of hydrogen-bond donors (Lipinski definition) is 1. The quantitative estimate of drug-likeness (QED) is 0.581. The zero-order valence-electron chi connectivity index (χ0n) is 4.88. The van der Waals surface area contributed by atoms with Crippen LogP contribution >= 0.6 is 11.3 Å². The van der Waals surface area contributed by atoms with E-state index in [0.717, 1.165) is 5.01 Å². The fourth-order valence-corrected chi connectivity index (χ4v) is 1.16. The lowest BCUT2D eigenvalue weighted by Gasteiger charge is -1.76. The van der Waals surface area contributed by atoms with Crippen molar-refractivity contribution >= 4 is 17.2 Å². The second-order valence-electron chi connectivity index (χ2n) is 1.56. The van der Waals surface area contributed by atoms with E-state index in [-0.39, 0.29) is 0 Å². The van der Waals surface area contributed by atoms with Gasteiger partial charge in [-0.05, 0) is 6.92 Å². The Labute approximate surface area is 56.8 Å². The van der Waals surface area contributed by atoms with Gasteiger partial charge in [-0.2, -0.15) is 5.26 Å². The molecule has 2 N–H and O–H groups in total. The highest BCUT2D eigenvalue weighted by Gasteiger charge is 2.01. The fraction of sp³-hybridized carbons (Fsp3) is 0.200. The number of hydrogen-bond acceptors (Lipinski definition) is 4. The highest BCUT2D eigenvalue weighted by molar-refractivity contribution is 7.12. The molecule has 0 aliphatic carbocycles. The normalized spacial score (nSPS) is 8.89. The zero-order chi connectivity index (χ0) is 6.85. The molecule has 0 saturated heterocycles. The van der Waals surface area contributed by atoms with Crippen LogP contribution in [-0.2, 0) is 0 Å². The van der Waals surface area contributed by atoms with Gasteiger partial charge < -0.3 is 5.73 Å². The summed E-state index contributed by atoms with van der Waals surface area (Å²) in [7, 11) is 0. The van der Waals surface area contributed by atoms with Crippen molar-refractivity contribution in [2.24, 2.45) is 0 Å². The van der Waals surface area contributed by atoms with E-state index in [2.05, 4.69) is 4.98 Å². The molecule has 1 rings (SSSR count). The van der Waals surface area contributed by atoms with Crippen LogP contribution in [0, 0.1) is 18.3 Å². The second-order valence-corrected chi connectivity index (χ2v) is 2.76. The SMILES string of the molecule is Cc1nc(N)c(C#N)s1. The Balaban J connectivity index is 3.20. The van der Waals surface area contributed by atoms with Crippen molar-refractivity contribution in [1.29, 1.82) is 5.26 Å². The third kappa shape index (κ3) is 1.00. The standard InChI is InChI=1S/C5H5N3S/c1-3-8-5(7)4(2-6)9-3/h7H2,1H3. The van der Waals surface area contributed by atoms with Crippen LogP contribution in [0.2, 0.25) is 0 Å². The van der Waals surface area contributed by atoms with Gasteiger partial charge >= 0.3 is 0 Å². The topological polar surface area (TPSA) is 62.7 Å². The fourth-order valence-electron chi connectivity index (χ4n) is 0.523. The van der Waals surface area contributed by atoms with E-state index in [1.165, 1.54) is 11.3 Å². The summed E-state index contributed by atoms with van der Waals surface area (Å²) in [5.74, 6) is 0.347.